The molecule has 0 atom stereocenters. The van der Waals surface area contributed by atoms with Crippen molar-refractivity contribution in [3.05, 3.63) is 31.8 Å². The van der Waals surface area contributed by atoms with E-state index in [1.807, 2.05) is 13.0 Å². The molecule has 0 aromatic carbocycles. The van der Waals surface area contributed by atoms with Crippen LogP contribution >= 0.6 is 22.6 Å². The summed E-state index contributed by atoms with van der Waals surface area (Å²) in [7, 11) is 0. The smallest absolute Gasteiger partial charge is 0.268 e. The van der Waals surface area contributed by atoms with Crippen LogP contribution in [0.25, 0.3) is 11.6 Å². The van der Waals surface area contributed by atoms with E-state index in [1.54, 1.807) is 28.7 Å². The van der Waals surface area contributed by atoms with Crippen LogP contribution in [0, 0.1) is 3.57 Å². The summed E-state index contributed by atoms with van der Waals surface area (Å²) in [5.74, 6) is 1.20. The summed E-state index contributed by atoms with van der Waals surface area (Å²) < 4.78 is 5.59. The van der Waals surface area contributed by atoms with Gasteiger partial charge in [0.25, 0.3) is 5.56 Å². The van der Waals surface area contributed by atoms with E-state index < -0.39 is 0 Å². The van der Waals surface area contributed by atoms with E-state index in [9.17, 15) is 9.90 Å². The molecule has 84 valence electrons. The molecule has 2 heterocycles. The second kappa shape index (κ2) is 4.28. The molecule has 2 aromatic heterocycles. The highest BCUT2D eigenvalue weighted by atomic mass is 127. The lowest BCUT2D eigenvalue weighted by molar-refractivity contribution is 0.445. The molecule has 0 aliphatic rings. The molecule has 0 saturated heterocycles. The number of aromatic nitrogens is 2. The molecular weight excluding hydrogens is 323 g/mol. The maximum absolute atomic E-state index is 11.4. The molecule has 0 saturated carbocycles. The fraction of sp³-hybridized carbons (Fsp3) is 0.200. The molecule has 5 nitrogen and oxygen atoms in total. The Morgan fingerprint density at radius 3 is 2.88 bits per heavy atom. The Morgan fingerprint density at radius 1 is 1.56 bits per heavy atom. The van der Waals surface area contributed by atoms with Crippen LogP contribution in [-0.4, -0.2) is 15.1 Å². The van der Waals surface area contributed by atoms with E-state index in [-0.39, 0.29) is 20.8 Å². The topological polar surface area (TPSA) is 79.1 Å². The summed E-state index contributed by atoms with van der Waals surface area (Å²) in [5, 5.41) is 9.43. The number of aromatic hydroxyl groups is 1. The lowest BCUT2D eigenvalue weighted by Gasteiger charge is -1.99. The van der Waals surface area contributed by atoms with Crippen LogP contribution < -0.4 is 5.56 Å². The van der Waals surface area contributed by atoms with Crippen molar-refractivity contribution in [2.45, 2.75) is 13.3 Å². The number of rotatable bonds is 2. The van der Waals surface area contributed by atoms with Gasteiger partial charge in [-0.2, -0.15) is 4.98 Å². The summed E-state index contributed by atoms with van der Waals surface area (Å²) in [5.41, 5.74) is -0.377. The largest absolute Gasteiger partial charge is 0.492 e. The Kier molecular flexibility index (Phi) is 2.99. The minimum Gasteiger partial charge on any atom is -0.492 e. The summed E-state index contributed by atoms with van der Waals surface area (Å²) in [6.45, 7) is 1.96. The van der Waals surface area contributed by atoms with Crippen LogP contribution in [0.3, 0.4) is 0 Å². The van der Waals surface area contributed by atoms with Crippen LogP contribution in [0.15, 0.2) is 21.3 Å². The Labute approximate surface area is 105 Å². The molecular formula is C10H9IN2O3. The number of halogens is 1. The molecule has 0 aliphatic carbocycles. The van der Waals surface area contributed by atoms with Gasteiger partial charge < -0.3 is 14.5 Å². The number of nitrogens with zero attached hydrogens (tertiary/aromatic N) is 1. The van der Waals surface area contributed by atoms with Crippen molar-refractivity contribution in [2.75, 3.05) is 0 Å². The number of hydrogen-bond acceptors (Lipinski definition) is 4. The van der Waals surface area contributed by atoms with Gasteiger partial charge in [-0.3, -0.25) is 4.79 Å². The summed E-state index contributed by atoms with van der Waals surface area (Å²) in [6, 6.07) is 3.52. The van der Waals surface area contributed by atoms with Gasteiger partial charge in [0.1, 0.15) is 9.33 Å². The van der Waals surface area contributed by atoms with Gasteiger partial charge in [-0.25, -0.2) is 0 Å². The lowest BCUT2D eigenvalue weighted by atomic mass is 10.3. The lowest BCUT2D eigenvalue weighted by Crippen LogP contribution is -2.12. The molecule has 6 heteroatoms. The zero-order valence-electron chi connectivity index (χ0n) is 8.45. The van der Waals surface area contributed by atoms with Gasteiger partial charge in [0, 0.05) is 6.42 Å². The van der Waals surface area contributed by atoms with Gasteiger partial charge in [0.2, 0.25) is 5.88 Å². The number of aryl methyl sites for hydroxylation is 1. The van der Waals surface area contributed by atoms with Crippen LogP contribution in [0.2, 0.25) is 0 Å². The molecule has 0 amide bonds. The molecule has 0 bridgehead atoms. The molecule has 2 aromatic rings. The fourth-order valence-corrected chi connectivity index (χ4v) is 1.51. The number of hydrogen-bond donors (Lipinski definition) is 2. The number of aromatic amines is 1. The van der Waals surface area contributed by atoms with Crippen LogP contribution in [0.4, 0.5) is 0 Å². The van der Waals surface area contributed by atoms with Crippen molar-refractivity contribution < 1.29 is 9.52 Å². The minimum atomic E-state index is -0.377. The highest BCUT2D eigenvalue weighted by molar-refractivity contribution is 14.1. The Hall–Kier alpha value is -1.31. The average molecular weight is 332 g/mol. The van der Waals surface area contributed by atoms with Crippen LogP contribution in [0.5, 0.6) is 5.88 Å². The van der Waals surface area contributed by atoms with Crippen molar-refractivity contribution in [3.8, 4) is 17.5 Å². The maximum atomic E-state index is 11.4. The quantitative estimate of drug-likeness (QED) is 0.824. The normalized spacial score (nSPS) is 10.6. The molecule has 2 rings (SSSR count). The Balaban J connectivity index is 2.52. The SMILES string of the molecule is CCc1ccc(-c2nc(O)c(I)c(=O)[nH]2)o1. The standard InChI is InChI=1S/C10H9IN2O3/c1-2-5-3-4-6(16-5)8-12-9(14)7(11)10(15)13-8/h3-4H,2H2,1H3,(H2,12,13,14,15). The van der Waals surface area contributed by atoms with Crippen LogP contribution in [-0.2, 0) is 6.42 Å². The van der Waals surface area contributed by atoms with E-state index >= 15 is 0 Å². The molecule has 2 N–H and O–H groups in total. The number of nitrogens with one attached hydrogen (secondary N) is 1. The van der Waals surface area contributed by atoms with Crippen molar-refractivity contribution in [2.24, 2.45) is 0 Å². The molecule has 0 fully saturated rings. The predicted octanol–water partition coefficient (Wildman–Crippen LogP) is 1.90. The second-order valence-corrected chi connectivity index (χ2v) is 4.25. The first-order chi connectivity index (χ1) is 7.61. The zero-order chi connectivity index (χ0) is 11.7. The molecule has 0 unspecified atom stereocenters. The van der Waals surface area contributed by atoms with Gasteiger partial charge in [-0.15, -0.1) is 0 Å². The second-order valence-electron chi connectivity index (χ2n) is 3.17. The van der Waals surface area contributed by atoms with Gasteiger partial charge in [0.05, 0.1) is 0 Å². The molecule has 0 radical (unpaired) electrons. The monoisotopic (exact) mass is 332 g/mol. The van der Waals surface area contributed by atoms with Crippen LogP contribution in [0.1, 0.15) is 12.7 Å². The first kappa shape index (κ1) is 11.2. The highest BCUT2D eigenvalue weighted by Gasteiger charge is 2.11. The molecule has 0 spiro atoms. The van der Waals surface area contributed by atoms with Crippen molar-refractivity contribution in [1.29, 1.82) is 0 Å². The minimum absolute atomic E-state index is 0.170. The van der Waals surface area contributed by atoms with E-state index in [0.29, 0.717) is 5.76 Å². The Bertz CT molecular complexity index is 574. The van der Waals surface area contributed by atoms with Crippen molar-refractivity contribution in [1.82, 2.24) is 9.97 Å². The third-order valence-electron chi connectivity index (χ3n) is 2.09. The van der Waals surface area contributed by atoms with Gasteiger partial charge in [-0.1, -0.05) is 6.92 Å². The highest BCUT2D eigenvalue weighted by Crippen LogP contribution is 2.21. The summed E-state index contributed by atoms with van der Waals surface area (Å²) in [4.78, 5) is 17.8. The number of furan rings is 1. The van der Waals surface area contributed by atoms with Gasteiger partial charge >= 0.3 is 0 Å². The first-order valence-corrected chi connectivity index (χ1v) is 5.77. The Morgan fingerprint density at radius 2 is 2.31 bits per heavy atom. The van der Waals surface area contributed by atoms with Crippen molar-refractivity contribution in [3.63, 3.8) is 0 Å². The molecule has 0 aliphatic heterocycles. The summed E-state index contributed by atoms with van der Waals surface area (Å²) in [6.07, 6.45) is 0.764. The zero-order valence-corrected chi connectivity index (χ0v) is 10.6. The third kappa shape index (κ3) is 1.97. The predicted molar refractivity (Wildman–Crippen MR) is 66.3 cm³/mol. The third-order valence-corrected chi connectivity index (χ3v) is 3.06. The van der Waals surface area contributed by atoms with E-state index in [4.69, 9.17) is 4.42 Å². The molecule has 16 heavy (non-hydrogen) atoms. The van der Waals surface area contributed by atoms with Gasteiger partial charge in [0.15, 0.2) is 11.6 Å². The fourth-order valence-electron chi connectivity index (χ4n) is 1.26. The van der Waals surface area contributed by atoms with E-state index in [2.05, 4.69) is 9.97 Å². The van der Waals surface area contributed by atoms with E-state index in [0.717, 1.165) is 12.2 Å². The number of H-pyrrole nitrogens is 1. The average Bonchev–Trinajstić information content (AvgIpc) is 2.73. The maximum Gasteiger partial charge on any atom is 0.268 e. The summed E-state index contributed by atoms with van der Waals surface area (Å²) >= 11 is 1.73. The first-order valence-electron chi connectivity index (χ1n) is 4.69. The van der Waals surface area contributed by atoms with Gasteiger partial charge in [-0.05, 0) is 34.7 Å². The van der Waals surface area contributed by atoms with E-state index in [1.165, 1.54) is 0 Å². The van der Waals surface area contributed by atoms with Crippen molar-refractivity contribution >= 4 is 22.6 Å².